The molecule has 5 aromatic rings. The van der Waals surface area contributed by atoms with Crippen molar-refractivity contribution in [2.24, 2.45) is 0 Å². The number of aromatic nitrogens is 6. The maximum absolute atomic E-state index is 13.3. The molecule has 0 radical (unpaired) electrons. The van der Waals surface area contributed by atoms with Crippen LogP contribution in [-0.4, -0.2) is 61.1 Å². The zero-order valence-corrected chi connectivity index (χ0v) is 22.7. The van der Waals surface area contributed by atoms with Crippen molar-refractivity contribution in [3.05, 3.63) is 102 Å². The average molecular weight is 557 g/mol. The van der Waals surface area contributed by atoms with E-state index in [4.69, 9.17) is 5.10 Å². The molecule has 1 fully saturated rings. The van der Waals surface area contributed by atoms with Crippen molar-refractivity contribution >= 4 is 27.4 Å². The standard InChI is InChI=1S/C28H28N8O3S/c1-20-6-8-23(9-7-20)36-26(32-28(37)24-18-31-35-14-4-13-30-27(24)35)17-25(33-36)21-10-15-34(16-11-21)40(38,39)19-22-5-2-3-12-29-22/h2-9,12-14,17-18,21H,10-11,15-16,19H2,1H3,(H,32,37). The van der Waals surface area contributed by atoms with Crippen molar-refractivity contribution in [1.82, 2.24) is 33.7 Å². The van der Waals surface area contributed by atoms with Crippen LogP contribution in [0.25, 0.3) is 11.3 Å². The molecule has 0 atom stereocenters. The second-order valence-electron chi connectivity index (χ2n) is 9.85. The third kappa shape index (κ3) is 5.23. The molecule has 12 heteroatoms. The number of sulfonamides is 1. The topological polar surface area (TPSA) is 127 Å². The summed E-state index contributed by atoms with van der Waals surface area (Å²) in [4.78, 5) is 21.7. The normalized spacial score (nSPS) is 14.9. The van der Waals surface area contributed by atoms with Crippen LogP contribution < -0.4 is 5.32 Å². The molecule has 0 saturated carbocycles. The monoisotopic (exact) mass is 556 g/mol. The number of rotatable bonds is 7. The molecule has 1 aliphatic heterocycles. The zero-order chi connectivity index (χ0) is 27.7. The van der Waals surface area contributed by atoms with Gasteiger partial charge >= 0.3 is 0 Å². The fourth-order valence-electron chi connectivity index (χ4n) is 4.93. The first-order valence-corrected chi connectivity index (χ1v) is 14.6. The number of pyridine rings is 1. The van der Waals surface area contributed by atoms with E-state index in [2.05, 4.69) is 20.4 Å². The molecule has 0 bridgehead atoms. The Morgan fingerprint density at radius 1 is 1.02 bits per heavy atom. The highest BCUT2D eigenvalue weighted by Gasteiger charge is 2.31. The van der Waals surface area contributed by atoms with E-state index >= 15 is 0 Å². The number of hydrogen-bond donors (Lipinski definition) is 1. The number of carbonyl (C=O) groups excluding carboxylic acids is 1. The number of benzene rings is 1. The van der Waals surface area contributed by atoms with Crippen LogP contribution in [0.3, 0.4) is 0 Å². The summed E-state index contributed by atoms with van der Waals surface area (Å²) in [5.74, 6) is 0.102. The zero-order valence-electron chi connectivity index (χ0n) is 21.9. The molecular formula is C28H28N8O3S. The molecule has 1 saturated heterocycles. The Morgan fingerprint density at radius 2 is 1.80 bits per heavy atom. The van der Waals surface area contributed by atoms with Crippen LogP contribution in [0.1, 0.15) is 46.1 Å². The summed E-state index contributed by atoms with van der Waals surface area (Å²) in [5, 5.41) is 12.1. The number of carbonyl (C=O) groups is 1. The second-order valence-corrected chi connectivity index (χ2v) is 11.8. The van der Waals surface area contributed by atoms with E-state index in [1.807, 2.05) is 37.3 Å². The third-order valence-electron chi connectivity index (χ3n) is 7.09. The summed E-state index contributed by atoms with van der Waals surface area (Å²) < 4.78 is 30.8. The molecule has 0 aliphatic carbocycles. The summed E-state index contributed by atoms with van der Waals surface area (Å²) in [6.07, 6.45) is 7.69. The van der Waals surface area contributed by atoms with E-state index in [-0.39, 0.29) is 17.6 Å². The molecule has 1 N–H and O–H groups in total. The summed E-state index contributed by atoms with van der Waals surface area (Å²) in [7, 11) is -3.48. The minimum absolute atomic E-state index is 0.0438. The maximum Gasteiger partial charge on any atom is 0.262 e. The van der Waals surface area contributed by atoms with Crippen LogP contribution in [0.15, 0.2) is 79.4 Å². The Hall–Kier alpha value is -4.42. The first-order valence-electron chi connectivity index (χ1n) is 13.0. The minimum atomic E-state index is -3.48. The fraction of sp³-hybridized carbons (Fsp3) is 0.250. The Balaban J connectivity index is 1.23. The summed E-state index contributed by atoms with van der Waals surface area (Å²) >= 11 is 0. The molecule has 1 aliphatic rings. The number of anilines is 1. The van der Waals surface area contributed by atoms with Gasteiger partial charge in [0, 0.05) is 43.7 Å². The van der Waals surface area contributed by atoms with Gasteiger partial charge in [0.1, 0.15) is 17.1 Å². The quantitative estimate of drug-likeness (QED) is 0.325. The molecule has 0 spiro atoms. The summed E-state index contributed by atoms with van der Waals surface area (Å²) in [5.41, 5.74) is 4.06. The number of fused-ring (bicyclic) bond motifs is 1. The van der Waals surface area contributed by atoms with E-state index in [0.29, 0.717) is 48.7 Å². The number of nitrogens with zero attached hydrogens (tertiary/aromatic N) is 7. The maximum atomic E-state index is 13.3. The summed E-state index contributed by atoms with van der Waals surface area (Å²) in [6, 6.07) is 16.8. The van der Waals surface area contributed by atoms with Crippen LogP contribution >= 0.6 is 0 Å². The number of nitrogens with one attached hydrogen (secondary N) is 1. The number of piperidine rings is 1. The van der Waals surface area contributed by atoms with Gasteiger partial charge in [0.2, 0.25) is 10.0 Å². The van der Waals surface area contributed by atoms with Gasteiger partial charge in [-0.25, -0.2) is 26.9 Å². The third-order valence-corrected chi connectivity index (χ3v) is 8.91. The molecule has 0 unspecified atom stereocenters. The Kier molecular flexibility index (Phi) is 6.86. The molecule has 11 nitrogen and oxygen atoms in total. The van der Waals surface area contributed by atoms with Gasteiger partial charge in [0.05, 0.1) is 23.3 Å². The van der Waals surface area contributed by atoms with Gasteiger partial charge < -0.3 is 5.32 Å². The van der Waals surface area contributed by atoms with Crippen LogP contribution in [0.4, 0.5) is 5.82 Å². The first-order chi connectivity index (χ1) is 19.4. The number of amides is 1. The highest BCUT2D eigenvalue weighted by atomic mass is 32.2. The molecule has 1 amide bonds. The lowest BCUT2D eigenvalue weighted by Crippen LogP contribution is -2.38. The lowest BCUT2D eigenvalue weighted by Gasteiger charge is -2.30. The Labute approximate surface area is 231 Å². The summed E-state index contributed by atoms with van der Waals surface area (Å²) in [6.45, 7) is 2.80. The van der Waals surface area contributed by atoms with Crippen molar-refractivity contribution in [3.8, 4) is 5.69 Å². The Bertz CT molecular complexity index is 1760. The molecule has 5 heterocycles. The predicted octanol–water partition coefficient (Wildman–Crippen LogP) is 3.58. The van der Waals surface area contributed by atoms with Crippen molar-refractivity contribution in [1.29, 1.82) is 0 Å². The fourth-order valence-corrected chi connectivity index (χ4v) is 6.43. The van der Waals surface area contributed by atoms with Crippen LogP contribution in [0.2, 0.25) is 0 Å². The van der Waals surface area contributed by atoms with Crippen LogP contribution in [0.5, 0.6) is 0 Å². The first kappa shape index (κ1) is 25.8. The molecule has 204 valence electrons. The van der Waals surface area contributed by atoms with Crippen molar-refractivity contribution in [3.63, 3.8) is 0 Å². The minimum Gasteiger partial charge on any atom is -0.306 e. The molecule has 6 rings (SSSR count). The van der Waals surface area contributed by atoms with Crippen molar-refractivity contribution in [2.75, 3.05) is 18.4 Å². The average Bonchev–Trinajstić information content (AvgIpc) is 3.59. The molecule has 4 aromatic heterocycles. The smallest absolute Gasteiger partial charge is 0.262 e. The predicted molar refractivity (Wildman–Crippen MR) is 150 cm³/mol. The SMILES string of the molecule is Cc1ccc(-n2nc(C3CCN(S(=O)(=O)Cc4ccccn4)CC3)cc2NC(=O)c2cnn3cccnc23)cc1. The van der Waals surface area contributed by atoms with Gasteiger partial charge in [-0.05, 0) is 50.1 Å². The van der Waals surface area contributed by atoms with E-state index in [0.717, 1.165) is 16.9 Å². The molecule has 1 aromatic carbocycles. The van der Waals surface area contributed by atoms with Crippen LogP contribution in [-0.2, 0) is 15.8 Å². The largest absolute Gasteiger partial charge is 0.306 e. The van der Waals surface area contributed by atoms with E-state index < -0.39 is 10.0 Å². The second kappa shape index (κ2) is 10.6. The Morgan fingerprint density at radius 3 is 2.55 bits per heavy atom. The van der Waals surface area contributed by atoms with Gasteiger partial charge in [-0.3, -0.25) is 9.78 Å². The number of aryl methyl sites for hydroxylation is 1. The highest BCUT2D eigenvalue weighted by Crippen LogP contribution is 2.32. The van der Waals surface area contributed by atoms with Gasteiger partial charge in [-0.15, -0.1) is 0 Å². The van der Waals surface area contributed by atoms with Gasteiger partial charge in [-0.2, -0.15) is 10.2 Å². The van der Waals surface area contributed by atoms with Crippen LogP contribution in [0, 0.1) is 6.92 Å². The van der Waals surface area contributed by atoms with Gasteiger partial charge in [0.25, 0.3) is 5.91 Å². The van der Waals surface area contributed by atoms with Crippen molar-refractivity contribution in [2.45, 2.75) is 31.4 Å². The van der Waals surface area contributed by atoms with Gasteiger partial charge in [-0.1, -0.05) is 23.8 Å². The number of hydrogen-bond acceptors (Lipinski definition) is 7. The van der Waals surface area contributed by atoms with E-state index in [9.17, 15) is 13.2 Å². The molecular weight excluding hydrogens is 528 g/mol. The van der Waals surface area contributed by atoms with E-state index in [1.54, 1.807) is 52.1 Å². The van der Waals surface area contributed by atoms with Crippen molar-refractivity contribution < 1.29 is 13.2 Å². The van der Waals surface area contributed by atoms with E-state index in [1.165, 1.54) is 10.5 Å². The lowest BCUT2D eigenvalue weighted by atomic mass is 9.95. The lowest BCUT2D eigenvalue weighted by molar-refractivity contribution is 0.102. The molecule has 40 heavy (non-hydrogen) atoms. The van der Waals surface area contributed by atoms with Gasteiger partial charge in [0.15, 0.2) is 5.65 Å². The highest BCUT2D eigenvalue weighted by molar-refractivity contribution is 7.88.